The summed E-state index contributed by atoms with van der Waals surface area (Å²) < 4.78 is 29.2. The van der Waals surface area contributed by atoms with Crippen LogP contribution in [0, 0.1) is 5.92 Å². The standard InChI is InChI=1S/C20H28ClN5O3S/c1-15(2)7-8-22-19(27)18-14-24(3)23-20(18)30(28,29)26-11-9-25(10-12-26)17-6-4-5-16(21)13-17/h4-6,13-15H,7-12H2,1-3H3,(H,22,27). The molecule has 3 rings (SSSR count). The van der Waals surface area contributed by atoms with Crippen molar-refractivity contribution in [2.45, 2.75) is 25.3 Å². The Labute approximate surface area is 182 Å². The molecule has 1 aromatic heterocycles. The molecule has 30 heavy (non-hydrogen) atoms. The number of nitrogens with zero attached hydrogens (tertiary/aromatic N) is 4. The summed E-state index contributed by atoms with van der Waals surface area (Å²) in [7, 11) is -2.27. The summed E-state index contributed by atoms with van der Waals surface area (Å²) in [5.41, 5.74) is 1.04. The second-order valence-corrected chi connectivity index (χ2v) is 10.1. The molecule has 1 fully saturated rings. The van der Waals surface area contributed by atoms with Crippen molar-refractivity contribution in [3.63, 3.8) is 0 Å². The normalized spacial score (nSPS) is 15.6. The van der Waals surface area contributed by atoms with Gasteiger partial charge in [0, 0.05) is 56.7 Å². The molecule has 0 spiro atoms. The summed E-state index contributed by atoms with van der Waals surface area (Å²) in [5.74, 6) is 0.0260. The lowest BCUT2D eigenvalue weighted by molar-refractivity contribution is 0.0948. The highest BCUT2D eigenvalue weighted by molar-refractivity contribution is 7.89. The summed E-state index contributed by atoms with van der Waals surface area (Å²) in [6, 6.07) is 7.50. The van der Waals surface area contributed by atoms with Gasteiger partial charge in [-0.2, -0.15) is 9.40 Å². The third kappa shape index (κ3) is 5.14. The first kappa shape index (κ1) is 22.6. The van der Waals surface area contributed by atoms with Gasteiger partial charge in [-0.15, -0.1) is 0 Å². The number of piperazine rings is 1. The molecule has 1 aliphatic heterocycles. The van der Waals surface area contributed by atoms with Crippen molar-refractivity contribution in [3.8, 4) is 0 Å². The summed E-state index contributed by atoms with van der Waals surface area (Å²) in [5, 5.41) is 7.35. The van der Waals surface area contributed by atoms with Crippen LogP contribution in [0.1, 0.15) is 30.6 Å². The number of aromatic nitrogens is 2. The molecule has 164 valence electrons. The summed E-state index contributed by atoms with van der Waals surface area (Å²) in [4.78, 5) is 14.7. The molecule has 0 radical (unpaired) electrons. The highest BCUT2D eigenvalue weighted by Crippen LogP contribution is 2.24. The molecule has 10 heteroatoms. The molecule has 1 saturated heterocycles. The first-order valence-electron chi connectivity index (χ1n) is 10.0. The first-order chi connectivity index (χ1) is 14.2. The number of benzene rings is 1. The number of carbonyl (C=O) groups excluding carboxylic acids is 1. The summed E-state index contributed by atoms with van der Waals surface area (Å²) in [6.45, 7) is 6.29. The number of aryl methyl sites for hydroxylation is 1. The van der Waals surface area contributed by atoms with E-state index in [2.05, 4.69) is 29.2 Å². The number of nitrogens with one attached hydrogen (secondary N) is 1. The van der Waals surface area contributed by atoms with E-state index in [1.807, 2.05) is 18.2 Å². The van der Waals surface area contributed by atoms with Crippen molar-refractivity contribution >= 4 is 33.2 Å². The van der Waals surface area contributed by atoms with Gasteiger partial charge >= 0.3 is 0 Å². The lowest BCUT2D eigenvalue weighted by Gasteiger charge is -2.35. The Hall–Kier alpha value is -2.10. The number of anilines is 1. The average molecular weight is 454 g/mol. The van der Waals surface area contributed by atoms with Crippen LogP contribution in [0.15, 0.2) is 35.5 Å². The van der Waals surface area contributed by atoms with Gasteiger partial charge in [-0.1, -0.05) is 31.5 Å². The zero-order valence-corrected chi connectivity index (χ0v) is 19.1. The Bertz CT molecular complexity index is 998. The van der Waals surface area contributed by atoms with Crippen LogP contribution in [0.5, 0.6) is 0 Å². The molecule has 1 aromatic carbocycles. The third-order valence-corrected chi connectivity index (χ3v) is 7.11. The highest BCUT2D eigenvalue weighted by Gasteiger charge is 2.34. The summed E-state index contributed by atoms with van der Waals surface area (Å²) >= 11 is 6.07. The van der Waals surface area contributed by atoms with E-state index in [1.165, 1.54) is 15.2 Å². The van der Waals surface area contributed by atoms with Crippen molar-refractivity contribution < 1.29 is 13.2 Å². The SMILES string of the molecule is CC(C)CCNC(=O)c1cn(C)nc1S(=O)(=O)N1CCN(c2cccc(Cl)c2)CC1. The molecule has 8 nitrogen and oxygen atoms in total. The van der Waals surface area contributed by atoms with Gasteiger partial charge in [-0.3, -0.25) is 9.48 Å². The molecule has 1 amide bonds. The number of amides is 1. The zero-order valence-electron chi connectivity index (χ0n) is 17.5. The molecule has 0 atom stereocenters. The highest BCUT2D eigenvalue weighted by atomic mass is 35.5. The van der Waals surface area contributed by atoms with Crippen LogP contribution in [0.3, 0.4) is 0 Å². The molecule has 1 N–H and O–H groups in total. The lowest BCUT2D eigenvalue weighted by atomic mass is 10.1. The molecule has 0 aliphatic carbocycles. The number of sulfonamides is 1. The van der Waals surface area contributed by atoms with Crippen LogP contribution in [0.2, 0.25) is 5.02 Å². The Balaban J connectivity index is 1.72. The number of hydrogen-bond acceptors (Lipinski definition) is 5. The second-order valence-electron chi connectivity index (χ2n) is 7.83. The fraction of sp³-hybridized carbons (Fsp3) is 0.500. The molecular weight excluding hydrogens is 426 g/mol. The van der Waals surface area contributed by atoms with Gasteiger partial charge in [0.15, 0.2) is 0 Å². The second kappa shape index (κ2) is 9.36. The number of hydrogen-bond donors (Lipinski definition) is 1. The fourth-order valence-electron chi connectivity index (χ4n) is 3.37. The van der Waals surface area contributed by atoms with E-state index in [0.29, 0.717) is 43.7 Å². The van der Waals surface area contributed by atoms with Crippen LogP contribution in [0.4, 0.5) is 5.69 Å². The third-order valence-electron chi connectivity index (χ3n) is 5.04. The van der Waals surface area contributed by atoms with Crippen LogP contribution >= 0.6 is 11.6 Å². The van der Waals surface area contributed by atoms with E-state index >= 15 is 0 Å². The molecule has 2 aromatic rings. The largest absolute Gasteiger partial charge is 0.369 e. The van der Waals surface area contributed by atoms with E-state index in [4.69, 9.17) is 11.6 Å². The van der Waals surface area contributed by atoms with E-state index < -0.39 is 15.9 Å². The molecule has 1 aliphatic rings. The Morgan fingerprint density at radius 2 is 1.93 bits per heavy atom. The first-order valence-corrected chi connectivity index (χ1v) is 11.8. The molecular formula is C20H28ClN5O3S. The van der Waals surface area contributed by atoms with Gasteiger partial charge in [0.25, 0.3) is 15.9 Å². The quantitative estimate of drug-likeness (QED) is 0.695. The zero-order chi connectivity index (χ0) is 21.9. The van der Waals surface area contributed by atoms with Crippen LogP contribution in [-0.2, 0) is 17.1 Å². The van der Waals surface area contributed by atoms with Gasteiger partial charge in [0.2, 0.25) is 5.03 Å². The van der Waals surface area contributed by atoms with Crippen LogP contribution in [-0.4, -0.2) is 61.1 Å². The monoisotopic (exact) mass is 453 g/mol. The fourth-order valence-corrected chi connectivity index (χ4v) is 5.09. The molecule has 0 bridgehead atoms. The van der Waals surface area contributed by atoms with Gasteiger partial charge in [-0.05, 0) is 30.5 Å². The minimum absolute atomic E-state index is 0.0820. The number of halogens is 1. The van der Waals surface area contributed by atoms with Gasteiger partial charge < -0.3 is 10.2 Å². The van der Waals surface area contributed by atoms with Crippen molar-refractivity contribution in [2.75, 3.05) is 37.6 Å². The van der Waals surface area contributed by atoms with Gasteiger partial charge in [0.1, 0.15) is 0 Å². The Kier molecular flexibility index (Phi) is 7.05. The van der Waals surface area contributed by atoms with Crippen molar-refractivity contribution in [2.24, 2.45) is 13.0 Å². The summed E-state index contributed by atoms with van der Waals surface area (Å²) in [6.07, 6.45) is 2.28. The van der Waals surface area contributed by atoms with Crippen molar-refractivity contribution in [1.82, 2.24) is 19.4 Å². The van der Waals surface area contributed by atoms with E-state index in [9.17, 15) is 13.2 Å². The molecule has 0 saturated carbocycles. The predicted molar refractivity (Wildman–Crippen MR) is 117 cm³/mol. The van der Waals surface area contributed by atoms with E-state index in [0.717, 1.165) is 12.1 Å². The maximum absolute atomic E-state index is 13.2. The van der Waals surface area contributed by atoms with Crippen LogP contribution in [0.25, 0.3) is 0 Å². The maximum Gasteiger partial charge on any atom is 0.263 e. The number of rotatable bonds is 7. The van der Waals surface area contributed by atoms with E-state index in [1.54, 1.807) is 13.1 Å². The number of carbonyl (C=O) groups is 1. The van der Waals surface area contributed by atoms with Gasteiger partial charge in [0.05, 0.1) is 5.56 Å². The lowest BCUT2D eigenvalue weighted by Crippen LogP contribution is -2.49. The van der Waals surface area contributed by atoms with Crippen molar-refractivity contribution in [1.29, 1.82) is 0 Å². The van der Waals surface area contributed by atoms with Gasteiger partial charge in [-0.25, -0.2) is 8.42 Å². The Morgan fingerprint density at radius 3 is 2.57 bits per heavy atom. The van der Waals surface area contributed by atoms with Crippen molar-refractivity contribution in [3.05, 3.63) is 41.0 Å². The minimum Gasteiger partial charge on any atom is -0.369 e. The van der Waals surface area contributed by atoms with E-state index in [-0.39, 0.29) is 10.6 Å². The average Bonchev–Trinajstić information content (AvgIpc) is 3.10. The molecule has 2 heterocycles. The topological polar surface area (TPSA) is 87.5 Å². The molecule has 0 unspecified atom stereocenters. The van der Waals surface area contributed by atoms with Crippen LogP contribution < -0.4 is 10.2 Å². The maximum atomic E-state index is 13.2. The Morgan fingerprint density at radius 1 is 1.23 bits per heavy atom. The predicted octanol–water partition coefficient (Wildman–Crippen LogP) is 2.36. The minimum atomic E-state index is -3.88. The smallest absolute Gasteiger partial charge is 0.263 e.